The molecule has 0 aliphatic heterocycles. The van der Waals surface area contributed by atoms with E-state index in [2.05, 4.69) is 31.5 Å². The van der Waals surface area contributed by atoms with Gasteiger partial charge in [0.2, 0.25) is 0 Å². The van der Waals surface area contributed by atoms with E-state index in [0.717, 1.165) is 30.7 Å². The summed E-state index contributed by atoms with van der Waals surface area (Å²) in [7, 11) is 0. The SMILES string of the molecule is Cc1sc2cnccc2c1NC(=O)NCc1cccc(Br)c1. The van der Waals surface area contributed by atoms with Crippen LogP contribution in [-0.4, -0.2) is 11.0 Å². The van der Waals surface area contributed by atoms with Gasteiger partial charge in [-0.3, -0.25) is 4.98 Å². The molecule has 2 N–H and O–H groups in total. The number of carbonyl (C=O) groups excluding carboxylic acids is 1. The van der Waals surface area contributed by atoms with Crippen LogP contribution < -0.4 is 10.6 Å². The summed E-state index contributed by atoms with van der Waals surface area (Å²) in [5.41, 5.74) is 1.90. The Morgan fingerprint density at radius 2 is 2.23 bits per heavy atom. The first-order valence-electron chi connectivity index (χ1n) is 6.76. The van der Waals surface area contributed by atoms with E-state index in [1.807, 2.05) is 43.5 Å². The second-order valence-electron chi connectivity index (χ2n) is 4.84. The first kappa shape index (κ1) is 15.0. The third-order valence-corrected chi connectivity index (χ3v) is 4.80. The third-order valence-electron chi connectivity index (χ3n) is 3.25. The van der Waals surface area contributed by atoms with Gasteiger partial charge in [0.15, 0.2) is 0 Å². The lowest BCUT2D eigenvalue weighted by atomic mass is 10.2. The molecule has 0 fully saturated rings. The number of nitrogens with one attached hydrogen (secondary N) is 2. The van der Waals surface area contributed by atoms with Crippen LogP contribution in [0.5, 0.6) is 0 Å². The number of hydrogen-bond donors (Lipinski definition) is 2. The van der Waals surface area contributed by atoms with Crippen LogP contribution in [0.1, 0.15) is 10.4 Å². The molecule has 0 atom stereocenters. The first-order chi connectivity index (χ1) is 10.6. The van der Waals surface area contributed by atoms with Crippen LogP contribution in [0.2, 0.25) is 0 Å². The Morgan fingerprint density at radius 3 is 3.05 bits per heavy atom. The zero-order valence-electron chi connectivity index (χ0n) is 11.9. The Bertz CT molecular complexity index is 831. The maximum Gasteiger partial charge on any atom is 0.319 e. The van der Waals surface area contributed by atoms with Gasteiger partial charge in [-0.25, -0.2) is 4.79 Å². The van der Waals surface area contributed by atoms with Gasteiger partial charge in [0.1, 0.15) is 0 Å². The molecule has 2 heterocycles. The predicted molar refractivity (Wildman–Crippen MR) is 94.4 cm³/mol. The van der Waals surface area contributed by atoms with Gasteiger partial charge in [-0.05, 0) is 30.7 Å². The molecule has 0 aliphatic rings. The third kappa shape index (κ3) is 3.28. The standard InChI is InChI=1S/C16H14BrN3OS/c1-10-15(13-5-6-18-9-14(13)22-10)20-16(21)19-8-11-3-2-4-12(17)7-11/h2-7,9H,8H2,1H3,(H2,19,20,21). The van der Waals surface area contributed by atoms with E-state index in [0.29, 0.717) is 6.54 Å². The number of pyridine rings is 1. The second-order valence-corrected chi connectivity index (χ2v) is 7.01. The highest BCUT2D eigenvalue weighted by Crippen LogP contribution is 2.34. The van der Waals surface area contributed by atoms with E-state index in [1.54, 1.807) is 17.5 Å². The smallest absolute Gasteiger partial charge is 0.319 e. The molecule has 22 heavy (non-hydrogen) atoms. The molecule has 0 unspecified atom stereocenters. The van der Waals surface area contributed by atoms with Crippen molar-refractivity contribution in [1.29, 1.82) is 0 Å². The van der Waals surface area contributed by atoms with E-state index in [9.17, 15) is 4.79 Å². The maximum atomic E-state index is 12.1. The number of aryl methyl sites for hydroxylation is 1. The van der Waals surface area contributed by atoms with Gasteiger partial charge in [0, 0.05) is 33.7 Å². The normalized spacial score (nSPS) is 10.6. The van der Waals surface area contributed by atoms with Crippen molar-refractivity contribution >= 4 is 49.1 Å². The summed E-state index contributed by atoms with van der Waals surface area (Å²) in [5, 5.41) is 6.84. The number of aromatic nitrogens is 1. The molecule has 112 valence electrons. The number of carbonyl (C=O) groups is 1. The summed E-state index contributed by atoms with van der Waals surface area (Å²) in [4.78, 5) is 17.3. The highest BCUT2D eigenvalue weighted by atomic mass is 79.9. The Balaban J connectivity index is 1.70. The maximum absolute atomic E-state index is 12.1. The predicted octanol–water partition coefficient (Wildman–Crippen LogP) is 4.69. The molecule has 0 saturated carbocycles. The molecule has 2 amide bonds. The minimum Gasteiger partial charge on any atom is -0.334 e. The molecule has 2 aromatic heterocycles. The number of anilines is 1. The molecular weight excluding hydrogens is 362 g/mol. The fraction of sp³-hybridized carbons (Fsp3) is 0.125. The second kappa shape index (κ2) is 6.46. The zero-order valence-corrected chi connectivity index (χ0v) is 14.3. The van der Waals surface area contributed by atoms with Crippen molar-refractivity contribution in [3.8, 4) is 0 Å². The highest BCUT2D eigenvalue weighted by Gasteiger charge is 2.11. The van der Waals surface area contributed by atoms with Crippen molar-refractivity contribution in [1.82, 2.24) is 10.3 Å². The first-order valence-corrected chi connectivity index (χ1v) is 8.37. The van der Waals surface area contributed by atoms with Gasteiger partial charge < -0.3 is 10.6 Å². The summed E-state index contributed by atoms with van der Waals surface area (Å²) in [6.45, 7) is 2.47. The molecule has 6 heteroatoms. The molecule has 0 aliphatic carbocycles. The number of nitrogens with zero attached hydrogens (tertiary/aromatic N) is 1. The van der Waals surface area contributed by atoms with Gasteiger partial charge >= 0.3 is 6.03 Å². The highest BCUT2D eigenvalue weighted by molar-refractivity contribution is 9.10. The summed E-state index contributed by atoms with van der Waals surface area (Å²) in [5.74, 6) is 0. The number of hydrogen-bond acceptors (Lipinski definition) is 3. The summed E-state index contributed by atoms with van der Waals surface area (Å²) in [6, 6.07) is 9.57. The van der Waals surface area contributed by atoms with Crippen LogP contribution in [0.3, 0.4) is 0 Å². The molecular formula is C16H14BrN3OS. The van der Waals surface area contributed by atoms with E-state index in [4.69, 9.17) is 0 Å². The summed E-state index contributed by atoms with van der Waals surface area (Å²) < 4.78 is 2.07. The Kier molecular flexibility index (Phi) is 4.40. The summed E-state index contributed by atoms with van der Waals surface area (Å²) in [6.07, 6.45) is 3.55. The van der Waals surface area contributed by atoms with E-state index in [1.165, 1.54) is 0 Å². The topological polar surface area (TPSA) is 54.0 Å². The largest absolute Gasteiger partial charge is 0.334 e. The minimum absolute atomic E-state index is 0.209. The van der Waals surface area contributed by atoms with Crippen LogP contribution in [-0.2, 0) is 6.54 Å². The van der Waals surface area contributed by atoms with Crippen molar-refractivity contribution in [2.75, 3.05) is 5.32 Å². The van der Waals surface area contributed by atoms with Crippen molar-refractivity contribution in [2.24, 2.45) is 0 Å². The molecule has 4 nitrogen and oxygen atoms in total. The zero-order chi connectivity index (χ0) is 15.5. The van der Waals surface area contributed by atoms with Crippen molar-refractivity contribution in [3.63, 3.8) is 0 Å². The van der Waals surface area contributed by atoms with Gasteiger partial charge in [-0.15, -0.1) is 11.3 Å². The van der Waals surface area contributed by atoms with Crippen LogP contribution in [0.15, 0.2) is 47.2 Å². The van der Waals surface area contributed by atoms with Gasteiger partial charge in [-0.1, -0.05) is 28.1 Å². The number of thiophene rings is 1. The van der Waals surface area contributed by atoms with Crippen LogP contribution in [0.25, 0.3) is 10.1 Å². The lowest BCUT2D eigenvalue weighted by molar-refractivity contribution is 0.252. The fourth-order valence-corrected chi connectivity index (χ4v) is 3.65. The number of benzene rings is 1. The monoisotopic (exact) mass is 375 g/mol. The van der Waals surface area contributed by atoms with Crippen LogP contribution in [0.4, 0.5) is 10.5 Å². The number of rotatable bonds is 3. The molecule has 1 aromatic carbocycles. The van der Waals surface area contributed by atoms with E-state index >= 15 is 0 Å². The number of halogens is 1. The molecule has 3 rings (SSSR count). The Morgan fingerprint density at radius 1 is 1.36 bits per heavy atom. The quantitative estimate of drug-likeness (QED) is 0.697. The van der Waals surface area contributed by atoms with Crippen molar-refractivity contribution in [3.05, 3.63) is 57.6 Å². The number of amides is 2. The van der Waals surface area contributed by atoms with Gasteiger partial charge in [0.25, 0.3) is 0 Å². The molecule has 3 aromatic rings. The van der Waals surface area contributed by atoms with Crippen LogP contribution >= 0.6 is 27.3 Å². The van der Waals surface area contributed by atoms with E-state index in [-0.39, 0.29) is 6.03 Å². The number of fused-ring (bicyclic) bond motifs is 1. The molecule has 0 radical (unpaired) electrons. The number of urea groups is 1. The van der Waals surface area contributed by atoms with Gasteiger partial charge in [0.05, 0.1) is 10.4 Å². The fourth-order valence-electron chi connectivity index (χ4n) is 2.22. The average Bonchev–Trinajstić information content (AvgIpc) is 2.81. The lowest BCUT2D eigenvalue weighted by Gasteiger charge is -2.08. The summed E-state index contributed by atoms with van der Waals surface area (Å²) >= 11 is 5.05. The van der Waals surface area contributed by atoms with Gasteiger partial charge in [-0.2, -0.15) is 0 Å². The van der Waals surface area contributed by atoms with E-state index < -0.39 is 0 Å². The minimum atomic E-state index is -0.209. The molecule has 0 bridgehead atoms. The van der Waals surface area contributed by atoms with Crippen molar-refractivity contribution in [2.45, 2.75) is 13.5 Å². The van der Waals surface area contributed by atoms with Crippen LogP contribution in [0, 0.1) is 6.92 Å². The molecule has 0 spiro atoms. The molecule has 0 saturated heterocycles. The Labute approximate surface area is 140 Å². The Hall–Kier alpha value is -1.92. The van der Waals surface area contributed by atoms with Crippen molar-refractivity contribution < 1.29 is 4.79 Å². The average molecular weight is 376 g/mol. The lowest BCUT2D eigenvalue weighted by Crippen LogP contribution is -2.28.